The summed E-state index contributed by atoms with van der Waals surface area (Å²) >= 11 is 0. The van der Waals surface area contributed by atoms with Crippen LogP contribution in [0.5, 0.6) is 0 Å². The lowest BCUT2D eigenvalue weighted by Gasteiger charge is -2.11. The Morgan fingerprint density at radius 1 is 0.933 bits per heavy atom. The number of anilines is 1. The number of imidazole rings is 1. The highest BCUT2D eigenvalue weighted by Gasteiger charge is 2.15. The van der Waals surface area contributed by atoms with Gasteiger partial charge in [-0.15, -0.1) is 0 Å². The molecule has 1 amide bonds. The molecule has 2 heterocycles. The summed E-state index contributed by atoms with van der Waals surface area (Å²) in [6, 6.07) is 23.2. The first-order chi connectivity index (χ1) is 14.7. The Balaban J connectivity index is 1.45. The second kappa shape index (κ2) is 7.33. The minimum absolute atomic E-state index is 0.239. The van der Waals surface area contributed by atoms with Gasteiger partial charge in [0.1, 0.15) is 11.6 Å². The van der Waals surface area contributed by atoms with E-state index in [1.54, 1.807) is 35.2 Å². The van der Waals surface area contributed by atoms with Crippen molar-refractivity contribution in [1.29, 1.82) is 0 Å². The molecule has 0 atom stereocenters. The van der Waals surface area contributed by atoms with E-state index in [1.165, 1.54) is 6.07 Å². The van der Waals surface area contributed by atoms with Crippen molar-refractivity contribution in [1.82, 2.24) is 14.5 Å². The van der Waals surface area contributed by atoms with Crippen molar-refractivity contribution < 1.29 is 9.18 Å². The molecule has 0 aliphatic carbocycles. The van der Waals surface area contributed by atoms with Crippen molar-refractivity contribution in [3.63, 3.8) is 0 Å². The number of aromatic nitrogens is 3. The Hall–Kier alpha value is -4.19. The second-order valence-electron chi connectivity index (χ2n) is 6.86. The van der Waals surface area contributed by atoms with Crippen LogP contribution in [0.15, 0.2) is 91.3 Å². The van der Waals surface area contributed by atoms with E-state index in [0.29, 0.717) is 17.2 Å². The van der Waals surface area contributed by atoms with Crippen molar-refractivity contribution in [3.8, 4) is 17.1 Å². The maximum absolute atomic E-state index is 14.6. The quantitative estimate of drug-likeness (QED) is 0.427. The predicted molar refractivity (Wildman–Crippen MR) is 115 cm³/mol. The summed E-state index contributed by atoms with van der Waals surface area (Å²) in [7, 11) is 0. The normalized spacial score (nSPS) is 11.0. The summed E-state index contributed by atoms with van der Waals surface area (Å²) in [5.74, 6) is -0.206. The van der Waals surface area contributed by atoms with E-state index < -0.39 is 11.7 Å². The first-order valence-corrected chi connectivity index (χ1v) is 9.47. The van der Waals surface area contributed by atoms with Gasteiger partial charge in [0, 0.05) is 23.5 Å². The highest BCUT2D eigenvalue weighted by Crippen LogP contribution is 2.28. The fraction of sp³-hybridized carbons (Fsp3) is 0. The third kappa shape index (κ3) is 3.24. The molecule has 6 heteroatoms. The number of hydrogen-bond acceptors (Lipinski definition) is 2. The molecule has 0 aliphatic rings. The van der Waals surface area contributed by atoms with Crippen LogP contribution in [0.25, 0.3) is 28.1 Å². The molecule has 146 valence electrons. The molecule has 0 radical (unpaired) electrons. The number of nitrogens with zero attached hydrogens (tertiary/aromatic N) is 2. The molecule has 0 aliphatic heterocycles. The van der Waals surface area contributed by atoms with Crippen LogP contribution >= 0.6 is 0 Å². The Bertz CT molecular complexity index is 1320. The zero-order valence-corrected chi connectivity index (χ0v) is 15.8. The maximum Gasteiger partial charge on any atom is 0.255 e. The van der Waals surface area contributed by atoms with Gasteiger partial charge in [-0.2, -0.15) is 0 Å². The molecular formula is C24H17FN4O. The van der Waals surface area contributed by atoms with Crippen LogP contribution in [0.1, 0.15) is 10.4 Å². The number of rotatable bonds is 4. The summed E-state index contributed by atoms with van der Waals surface area (Å²) in [5, 5.41) is 2.88. The van der Waals surface area contributed by atoms with Crippen molar-refractivity contribution in [2.24, 2.45) is 0 Å². The van der Waals surface area contributed by atoms with Crippen LogP contribution in [-0.2, 0) is 0 Å². The van der Waals surface area contributed by atoms with E-state index >= 15 is 0 Å². The van der Waals surface area contributed by atoms with E-state index in [0.717, 1.165) is 16.6 Å². The van der Waals surface area contributed by atoms with Gasteiger partial charge in [0.2, 0.25) is 0 Å². The van der Waals surface area contributed by atoms with Crippen LogP contribution in [0.2, 0.25) is 0 Å². The van der Waals surface area contributed by atoms with Gasteiger partial charge in [0.15, 0.2) is 0 Å². The topological polar surface area (TPSA) is 62.7 Å². The number of benzene rings is 3. The average molecular weight is 396 g/mol. The number of nitrogens with one attached hydrogen (secondary N) is 2. The fourth-order valence-corrected chi connectivity index (χ4v) is 3.43. The summed E-state index contributed by atoms with van der Waals surface area (Å²) < 4.78 is 16.2. The van der Waals surface area contributed by atoms with Crippen LogP contribution in [0.3, 0.4) is 0 Å². The number of aromatic amines is 1. The van der Waals surface area contributed by atoms with Gasteiger partial charge >= 0.3 is 0 Å². The smallest absolute Gasteiger partial charge is 0.255 e. The summed E-state index contributed by atoms with van der Waals surface area (Å²) in [6.07, 6.45) is 3.50. The van der Waals surface area contributed by atoms with Gasteiger partial charge in [0.05, 0.1) is 22.4 Å². The van der Waals surface area contributed by atoms with Gasteiger partial charge in [-0.05, 0) is 54.6 Å². The minimum atomic E-state index is -0.468. The minimum Gasteiger partial charge on any atom is -0.338 e. The SMILES string of the molecule is O=C(Nc1ccccc1-c1nc2ccccc2[nH]1)c1ccc(-n2cccc2)c(F)c1. The van der Waals surface area contributed by atoms with Gasteiger partial charge < -0.3 is 14.9 Å². The highest BCUT2D eigenvalue weighted by atomic mass is 19.1. The van der Waals surface area contributed by atoms with Crippen molar-refractivity contribution in [2.75, 3.05) is 5.32 Å². The van der Waals surface area contributed by atoms with Gasteiger partial charge in [-0.1, -0.05) is 24.3 Å². The van der Waals surface area contributed by atoms with Crippen LogP contribution in [-0.4, -0.2) is 20.4 Å². The lowest BCUT2D eigenvalue weighted by atomic mass is 10.1. The van der Waals surface area contributed by atoms with E-state index in [9.17, 15) is 9.18 Å². The monoisotopic (exact) mass is 396 g/mol. The Morgan fingerprint density at radius 3 is 2.50 bits per heavy atom. The molecule has 5 nitrogen and oxygen atoms in total. The zero-order valence-electron chi connectivity index (χ0n) is 15.8. The number of carbonyl (C=O) groups is 1. The van der Waals surface area contributed by atoms with Gasteiger partial charge in [-0.25, -0.2) is 9.37 Å². The average Bonchev–Trinajstić information content (AvgIpc) is 3.44. The Labute approximate surface area is 171 Å². The first kappa shape index (κ1) is 17.9. The molecule has 0 bridgehead atoms. The lowest BCUT2D eigenvalue weighted by molar-refractivity contribution is 0.102. The van der Waals surface area contributed by atoms with E-state index in [1.807, 2.05) is 54.6 Å². The first-order valence-electron chi connectivity index (χ1n) is 9.47. The van der Waals surface area contributed by atoms with E-state index in [4.69, 9.17) is 0 Å². The van der Waals surface area contributed by atoms with Gasteiger partial charge in [0.25, 0.3) is 5.91 Å². The van der Waals surface area contributed by atoms with Crippen molar-refractivity contribution in [3.05, 3.63) is 103 Å². The molecule has 0 saturated heterocycles. The molecule has 2 N–H and O–H groups in total. The molecule has 3 aromatic carbocycles. The number of fused-ring (bicyclic) bond motifs is 1. The number of carbonyl (C=O) groups excluding carboxylic acids is 1. The number of hydrogen-bond donors (Lipinski definition) is 2. The third-order valence-electron chi connectivity index (χ3n) is 4.91. The lowest BCUT2D eigenvalue weighted by Crippen LogP contribution is -2.13. The maximum atomic E-state index is 14.6. The molecule has 2 aromatic heterocycles. The molecule has 0 saturated carbocycles. The van der Waals surface area contributed by atoms with Crippen LogP contribution in [0.4, 0.5) is 10.1 Å². The third-order valence-corrected chi connectivity index (χ3v) is 4.91. The molecular weight excluding hydrogens is 379 g/mol. The van der Waals surface area contributed by atoms with Crippen molar-refractivity contribution >= 4 is 22.6 Å². The predicted octanol–water partition coefficient (Wildman–Crippen LogP) is 5.41. The molecule has 30 heavy (non-hydrogen) atoms. The molecule has 0 spiro atoms. The Morgan fingerprint density at radius 2 is 1.70 bits per heavy atom. The number of halogens is 1. The highest BCUT2D eigenvalue weighted by molar-refractivity contribution is 6.06. The van der Waals surface area contributed by atoms with E-state index in [2.05, 4.69) is 15.3 Å². The summed E-state index contributed by atoms with van der Waals surface area (Å²) in [5.41, 5.74) is 3.73. The zero-order chi connectivity index (χ0) is 20.5. The number of para-hydroxylation sites is 3. The standard InChI is InChI=1S/C24H17FN4O/c25-18-15-16(11-12-22(18)29-13-5-6-14-29)24(30)28-19-8-2-1-7-17(19)23-26-20-9-3-4-10-21(20)27-23/h1-15H,(H,26,27)(H,28,30). The fourth-order valence-electron chi connectivity index (χ4n) is 3.43. The van der Waals surface area contributed by atoms with E-state index in [-0.39, 0.29) is 5.56 Å². The largest absolute Gasteiger partial charge is 0.338 e. The van der Waals surface area contributed by atoms with Crippen LogP contribution < -0.4 is 5.32 Å². The molecule has 0 unspecified atom stereocenters. The molecule has 5 rings (SSSR count). The summed E-state index contributed by atoms with van der Waals surface area (Å²) in [6.45, 7) is 0. The second-order valence-corrected chi connectivity index (χ2v) is 6.86. The van der Waals surface area contributed by atoms with Gasteiger partial charge in [-0.3, -0.25) is 4.79 Å². The molecule has 0 fully saturated rings. The van der Waals surface area contributed by atoms with Crippen molar-refractivity contribution in [2.45, 2.75) is 0 Å². The molecule has 5 aromatic rings. The van der Waals surface area contributed by atoms with Crippen LogP contribution in [0, 0.1) is 5.82 Å². The number of H-pyrrole nitrogens is 1. The summed E-state index contributed by atoms with van der Waals surface area (Å²) in [4.78, 5) is 20.7. The Kier molecular flexibility index (Phi) is 4.37. The number of amides is 1.